The average Bonchev–Trinajstić information content (AvgIpc) is 2.68. The highest BCUT2D eigenvalue weighted by atomic mass is 16.5. The van der Waals surface area contributed by atoms with E-state index in [1.807, 2.05) is 4.90 Å². The zero-order valence-electron chi connectivity index (χ0n) is 20.2. The Labute approximate surface area is 195 Å². The highest BCUT2D eigenvalue weighted by Crippen LogP contribution is 2.54. The predicted molar refractivity (Wildman–Crippen MR) is 124 cm³/mol. The monoisotopic (exact) mass is 451 g/mol. The Balaban J connectivity index is 1.96. The largest absolute Gasteiger partial charge is 0.508 e. The molecule has 1 aliphatic heterocycles. The van der Waals surface area contributed by atoms with Crippen LogP contribution in [0.3, 0.4) is 0 Å². The first kappa shape index (κ1) is 23.3. The maximum Gasteiger partial charge on any atom is 0.325 e. The molecule has 1 aromatic carbocycles. The fourth-order valence-electron chi connectivity index (χ4n) is 5.57. The number of esters is 1. The van der Waals surface area contributed by atoms with Gasteiger partial charge in [0.2, 0.25) is 0 Å². The zero-order valence-corrected chi connectivity index (χ0v) is 20.2. The molecular weight excluding hydrogens is 418 g/mol. The van der Waals surface area contributed by atoms with E-state index in [4.69, 9.17) is 4.74 Å². The molecule has 33 heavy (non-hydrogen) atoms. The van der Waals surface area contributed by atoms with Crippen molar-refractivity contribution in [1.82, 2.24) is 4.90 Å². The van der Waals surface area contributed by atoms with Crippen LogP contribution in [-0.4, -0.2) is 40.7 Å². The van der Waals surface area contributed by atoms with Gasteiger partial charge in [-0.1, -0.05) is 39.8 Å². The Hall–Kier alpha value is -2.89. The number of hydrogen-bond donors (Lipinski definition) is 1. The topological polar surface area (TPSA) is 83.9 Å². The maximum atomic E-state index is 13.6. The third-order valence-corrected chi connectivity index (χ3v) is 6.84. The predicted octanol–water partition coefficient (Wildman–Crippen LogP) is 4.64. The number of benzene rings is 1. The van der Waals surface area contributed by atoms with E-state index in [9.17, 15) is 19.5 Å². The molecule has 0 amide bonds. The first-order valence-corrected chi connectivity index (χ1v) is 11.7. The molecule has 0 saturated carbocycles. The van der Waals surface area contributed by atoms with Crippen molar-refractivity contribution in [3.8, 4) is 5.75 Å². The van der Waals surface area contributed by atoms with Crippen molar-refractivity contribution in [3.63, 3.8) is 0 Å². The van der Waals surface area contributed by atoms with Crippen LogP contribution in [0.4, 0.5) is 0 Å². The first-order valence-electron chi connectivity index (χ1n) is 11.7. The highest BCUT2D eigenvalue weighted by molar-refractivity contribution is 6.07. The second kappa shape index (κ2) is 8.15. The number of nitrogens with zero attached hydrogens (tertiary/aromatic N) is 1. The van der Waals surface area contributed by atoms with E-state index < -0.39 is 5.92 Å². The molecule has 1 aromatic rings. The number of aromatic hydroxyl groups is 1. The Bertz CT molecular complexity index is 1020. The third kappa shape index (κ3) is 4.35. The Kier molecular flexibility index (Phi) is 5.75. The standard InChI is InChI=1S/C27H33NO5/c1-6-33-22(32)15-28-18-11-26(2,3)13-20(30)24(18)23(16-7-9-17(29)10-8-16)25-19(28)12-27(4,5)14-21(25)31/h7-10,23,29H,6,11-15H2,1-5H3. The number of ether oxygens (including phenoxy) is 1. The van der Waals surface area contributed by atoms with Gasteiger partial charge in [0.15, 0.2) is 11.6 Å². The number of carbonyl (C=O) groups is 3. The fourth-order valence-corrected chi connectivity index (χ4v) is 5.57. The maximum absolute atomic E-state index is 13.6. The molecule has 0 fully saturated rings. The van der Waals surface area contributed by atoms with E-state index in [-0.39, 0.29) is 47.3 Å². The molecule has 2 aliphatic carbocycles. The molecule has 3 aliphatic rings. The lowest BCUT2D eigenvalue weighted by Gasteiger charge is -2.48. The highest BCUT2D eigenvalue weighted by Gasteiger charge is 2.49. The molecule has 176 valence electrons. The van der Waals surface area contributed by atoms with Gasteiger partial charge < -0.3 is 14.7 Å². The minimum Gasteiger partial charge on any atom is -0.508 e. The van der Waals surface area contributed by atoms with Crippen LogP contribution < -0.4 is 0 Å². The van der Waals surface area contributed by atoms with Gasteiger partial charge in [-0.15, -0.1) is 0 Å². The van der Waals surface area contributed by atoms with E-state index in [2.05, 4.69) is 27.7 Å². The Morgan fingerprint density at radius 1 is 0.939 bits per heavy atom. The van der Waals surface area contributed by atoms with Crippen molar-refractivity contribution in [3.05, 3.63) is 52.4 Å². The summed E-state index contributed by atoms with van der Waals surface area (Å²) in [4.78, 5) is 41.7. The lowest BCUT2D eigenvalue weighted by Crippen LogP contribution is -2.46. The van der Waals surface area contributed by atoms with Crippen molar-refractivity contribution in [2.75, 3.05) is 13.2 Å². The van der Waals surface area contributed by atoms with Crippen LogP contribution in [0.25, 0.3) is 0 Å². The SMILES string of the molecule is CCOC(=O)CN1C2=C(C(=O)CC(C)(C)C2)C(c2ccc(O)cc2)C2=C1CC(C)(C)CC2=O. The van der Waals surface area contributed by atoms with Gasteiger partial charge in [-0.25, -0.2) is 0 Å². The molecule has 0 radical (unpaired) electrons. The van der Waals surface area contributed by atoms with E-state index in [0.717, 1.165) is 17.0 Å². The van der Waals surface area contributed by atoms with Gasteiger partial charge in [0.25, 0.3) is 0 Å². The summed E-state index contributed by atoms with van der Waals surface area (Å²) >= 11 is 0. The third-order valence-electron chi connectivity index (χ3n) is 6.84. The Morgan fingerprint density at radius 2 is 1.42 bits per heavy atom. The van der Waals surface area contributed by atoms with Gasteiger partial charge in [0, 0.05) is 41.3 Å². The van der Waals surface area contributed by atoms with Crippen LogP contribution >= 0.6 is 0 Å². The second-order valence-electron chi connectivity index (χ2n) is 11.0. The van der Waals surface area contributed by atoms with Gasteiger partial charge in [0.1, 0.15) is 12.3 Å². The molecule has 0 saturated heterocycles. The number of carbonyl (C=O) groups excluding carboxylic acids is 3. The molecular formula is C27H33NO5. The van der Waals surface area contributed by atoms with Gasteiger partial charge in [-0.05, 0) is 48.3 Å². The second-order valence-corrected chi connectivity index (χ2v) is 11.0. The van der Waals surface area contributed by atoms with E-state index in [1.165, 1.54) is 0 Å². The van der Waals surface area contributed by atoms with Crippen molar-refractivity contribution in [2.24, 2.45) is 10.8 Å². The quantitative estimate of drug-likeness (QED) is 0.672. The summed E-state index contributed by atoms with van der Waals surface area (Å²) in [6.07, 6.45) is 2.03. The van der Waals surface area contributed by atoms with Crippen molar-refractivity contribution >= 4 is 17.5 Å². The van der Waals surface area contributed by atoms with E-state index in [0.29, 0.717) is 36.8 Å². The molecule has 0 aromatic heterocycles. The molecule has 0 atom stereocenters. The minimum absolute atomic E-state index is 0.0115. The lowest BCUT2D eigenvalue weighted by molar-refractivity contribution is -0.144. The fraction of sp³-hybridized carbons (Fsp3) is 0.519. The van der Waals surface area contributed by atoms with E-state index >= 15 is 0 Å². The number of allylic oxidation sites excluding steroid dienone is 4. The number of phenolic OH excluding ortho intramolecular Hbond substituents is 1. The molecule has 1 N–H and O–H groups in total. The summed E-state index contributed by atoms with van der Waals surface area (Å²) in [6.45, 7) is 10.3. The first-order chi connectivity index (χ1) is 15.4. The van der Waals surface area contributed by atoms with Crippen LogP contribution in [0, 0.1) is 10.8 Å². The zero-order chi connectivity index (χ0) is 24.1. The summed E-state index contributed by atoms with van der Waals surface area (Å²) < 4.78 is 5.26. The number of rotatable bonds is 4. The van der Waals surface area contributed by atoms with Crippen LogP contribution in [0.2, 0.25) is 0 Å². The van der Waals surface area contributed by atoms with Crippen molar-refractivity contribution in [1.29, 1.82) is 0 Å². The van der Waals surface area contributed by atoms with E-state index in [1.54, 1.807) is 31.2 Å². The summed E-state index contributed by atoms with van der Waals surface area (Å²) in [7, 11) is 0. The van der Waals surface area contributed by atoms with Crippen molar-refractivity contribution in [2.45, 2.75) is 66.2 Å². The van der Waals surface area contributed by atoms with Crippen LogP contribution in [0.15, 0.2) is 46.8 Å². The number of ketones is 2. The molecule has 0 unspecified atom stereocenters. The molecule has 6 heteroatoms. The molecule has 0 spiro atoms. The summed E-state index contributed by atoms with van der Waals surface area (Å²) in [6, 6.07) is 6.76. The number of Topliss-reactive ketones (excluding diaryl/α,β-unsaturated/α-hetero) is 2. The molecule has 0 bridgehead atoms. The summed E-state index contributed by atoms with van der Waals surface area (Å²) in [5.41, 5.74) is 3.17. The summed E-state index contributed by atoms with van der Waals surface area (Å²) in [5, 5.41) is 9.84. The molecule has 4 rings (SSSR count). The number of phenols is 1. The van der Waals surface area contributed by atoms with Crippen LogP contribution in [0.5, 0.6) is 5.75 Å². The molecule has 6 nitrogen and oxygen atoms in total. The minimum atomic E-state index is -0.485. The van der Waals surface area contributed by atoms with Crippen LogP contribution in [0.1, 0.15) is 71.8 Å². The van der Waals surface area contributed by atoms with Gasteiger partial charge in [0.05, 0.1) is 6.61 Å². The van der Waals surface area contributed by atoms with Crippen LogP contribution in [-0.2, 0) is 19.1 Å². The van der Waals surface area contributed by atoms with Gasteiger partial charge in [-0.2, -0.15) is 0 Å². The molecule has 1 heterocycles. The normalized spacial score (nSPS) is 22.3. The van der Waals surface area contributed by atoms with Gasteiger partial charge in [-0.3, -0.25) is 14.4 Å². The Morgan fingerprint density at radius 3 is 1.88 bits per heavy atom. The van der Waals surface area contributed by atoms with Gasteiger partial charge >= 0.3 is 5.97 Å². The lowest BCUT2D eigenvalue weighted by atomic mass is 9.63. The number of hydrogen-bond acceptors (Lipinski definition) is 6. The van der Waals surface area contributed by atoms with Crippen molar-refractivity contribution < 1.29 is 24.2 Å². The smallest absolute Gasteiger partial charge is 0.325 e. The summed E-state index contributed by atoms with van der Waals surface area (Å²) in [5.74, 6) is -0.698. The average molecular weight is 452 g/mol.